The number of non-ortho nitro benzene ring substituents is 1. The van der Waals surface area contributed by atoms with Crippen molar-refractivity contribution in [2.75, 3.05) is 11.9 Å². The smallest absolute Gasteiger partial charge is 0.269 e. The fourth-order valence-electron chi connectivity index (χ4n) is 2.04. The predicted molar refractivity (Wildman–Crippen MR) is 65.3 cm³/mol. The molecule has 5 nitrogen and oxygen atoms in total. The van der Waals surface area contributed by atoms with Crippen LogP contribution in [0.4, 0.5) is 11.4 Å². The highest BCUT2D eigenvalue weighted by molar-refractivity contribution is 5.56. The minimum absolute atomic E-state index is 0.128. The van der Waals surface area contributed by atoms with Crippen molar-refractivity contribution >= 4 is 11.4 Å². The van der Waals surface area contributed by atoms with E-state index in [1.807, 2.05) is 13.8 Å². The van der Waals surface area contributed by atoms with E-state index in [0.29, 0.717) is 0 Å². The van der Waals surface area contributed by atoms with E-state index >= 15 is 0 Å². The van der Waals surface area contributed by atoms with Crippen LogP contribution in [0.15, 0.2) is 18.2 Å². The minimum atomic E-state index is -0.377. The monoisotopic (exact) mass is 236 g/mol. The van der Waals surface area contributed by atoms with E-state index in [1.54, 1.807) is 12.1 Å². The third kappa shape index (κ3) is 2.55. The van der Waals surface area contributed by atoms with Gasteiger partial charge in [0.1, 0.15) is 0 Å². The highest BCUT2D eigenvalue weighted by Crippen LogP contribution is 2.24. The summed E-state index contributed by atoms with van der Waals surface area (Å²) < 4.78 is 5.47. The summed E-state index contributed by atoms with van der Waals surface area (Å²) in [5, 5.41) is 14.0. The molecule has 1 aliphatic rings. The van der Waals surface area contributed by atoms with Gasteiger partial charge in [0.05, 0.1) is 17.1 Å². The van der Waals surface area contributed by atoms with Gasteiger partial charge in [-0.2, -0.15) is 0 Å². The van der Waals surface area contributed by atoms with Crippen LogP contribution in [0.25, 0.3) is 0 Å². The van der Waals surface area contributed by atoms with Crippen LogP contribution in [-0.4, -0.2) is 23.7 Å². The third-order valence-electron chi connectivity index (χ3n) is 3.14. The zero-order valence-electron chi connectivity index (χ0n) is 9.97. The Morgan fingerprint density at radius 1 is 1.53 bits per heavy atom. The fourth-order valence-corrected chi connectivity index (χ4v) is 2.04. The maximum Gasteiger partial charge on any atom is 0.269 e. The first-order valence-electron chi connectivity index (χ1n) is 5.71. The zero-order valence-corrected chi connectivity index (χ0v) is 9.97. The van der Waals surface area contributed by atoms with Crippen LogP contribution >= 0.6 is 0 Å². The number of benzene rings is 1. The molecule has 17 heavy (non-hydrogen) atoms. The summed E-state index contributed by atoms with van der Waals surface area (Å²) in [6.45, 7) is 4.67. The molecule has 2 rings (SSSR count). The Bertz CT molecular complexity index is 434. The number of ether oxygens (including phenoxy) is 1. The van der Waals surface area contributed by atoms with Crippen LogP contribution in [-0.2, 0) is 4.74 Å². The highest BCUT2D eigenvalue weighted by Gasteiger charge is 2.24. The molecule has 5 heteroatoms. The Hall–Kier alpha value is -1.62. The SMILES string of the molecule is Cc1cc([N+](=O)[O-])ccc1NC1CCOC1C. The predicted octanol–water partition coefficient (Wildman–Crippen LogP) is 2.49. The van der Waals surface area contributed by atoms with Crippen molar-refractivity contribution in [3.63, 3.8) is 0 Å². The number of rotatable bonds is 3. The molecule has 0 aromatic heterocycles. The standard InChI is InChI=1S/C12H16N2O3/c1-8-7-10(14(15)16)3-4-11(8)13-12-5-6-17-9(12)2/h3-4,7,9,12-13H,5-6H2,1-2H3. The number of nitrogens with one attached hydrogen (secondary N) is 1. The summed E-state index contributed by atoms with van der Waals surface area (Å²) in [6, 6.07) is 5.16. The van der Waals surface area contributed by atoms with Gasteiger partial charge in [-0.05, 0) is 31.9 Å². The lowest BCUT2D eigenvalue weighted by atomic mass is 10.1. The van der Waals surface area contributed by atoms with Gasteiger partial charge in [-0.1, -0.05) is 0 Å². The molecule has 2 atom stereocenters. The number of hydrogen-bond acceptors (Lipinski definition) is 4. The first kappa shape index (κ1) is 11.9. The first-order chi connectivity index (χ1) is 8.08. The number of nitro benzene ring substituents is 1. The number of hydrogen-bond donors (Lipinski definition) is 1. The number of anilines is 1. The molecule has 1 aromatic rings. The van der Waals surface area contributed by atoms with Gasteiger partial charge >= 0.3 is 0 Å². The Balaban J connectivity index is 2.14. The second kappa shape index (κ2) is 4.71. The third-order valence-corrected chi connectivity index (χ3v) is 3.14. The molecule has 92 valence electrons. The van der Waals surface area contributed by atoms with Crippen LogP contribution in [0.5, 0.6) is 0 Å². The maximum atomic E-state index is 10.6. The Labute approximate surface area is 99.9 Å². The van der Waals surface area contributed by atoms with E-state index in [0.717, 1.165) is 24.3 Å². The minimum Gasteiger partial charge on any atom is -0.379 e. The van der Waals surface area contributed by atoms with Crippen molar-refractivity contribution in [3.8, 4) is 0 Å². The second-order valence-corrected chi connectivity index (χ2v) is 4.37. The molecule has 0 aliphatic carbocycles. The molecule has 1 N–H and O–H groups in total. The number of nitro groups is 1. The van der Waals surface area contributed by atoms with E-state index in [9.17, 15) is 10.1 Å². The average molecular weight is 236 g/mol. The van der Waals surface area contributed by atoms with E-state index in [1.165, 1.54) is 6.07 Å². The largest absolute Gasteiger partial charge is 0.379 e. The molecule has 2 unspecified atom stereocenters. The lowest BCUT2D eigenvalue weighted by Gasteiger charge is -2.18. The molecule has 0 bridgehead atoms. The molecule has 0 spiro atoms. The number of nitrogens with zero attached hydrogens (tertiary/aromatic N) is 1. The summed E-state index contributed by atoms with van der Waals surface area (Å²) in [7, 11) is 0. The molecule has 1 fully saturated rings. The van der Waals surface area contributed by atoms with Gasteiger partial charge in [-0.15, -0.1) is 0 Å². The second-order valence-electron chi connectivity index (χ2n) is 4.37. The molecule has 1 saturated heterocycles. The molecule has 0 radical (unpaired) electrons. The van der Waals surface area contributed by atoms with Crippen molar-refractivity contribution in [1.82, 2.24) is 0 Å². The van der Waals surface area contributed by atoms with Crippen molar-refractivity contribution in [2.45, 2.75) is 32.4 Å². The van der Waals surface area contributed by atoms with Crippen LogP contribution in [0.1, 0.15) is 18.9 Å². The van der Waals surface area contributed by atoms with Crippen molar-refractivity contribution < 1.29 is 9.66 Å². The van der Waals surface area contributed by atoms with Gasteiger partial charge in [0.15, 0.2) is 0 Å². The van der Waals surface area contributed by atoms with Crippen molar-refractivity contribution in [1.29, 1.82) is 0 Å². The van der Waals surface area contributed by atoms with Gasteiger partial charge in [0.2, 0.25) is 0 Å². The zero-order chi connectivity index (χ0) is 12.4. The van der Waals surface area contributed by atoms with Crippen LogP contribution in [0.2, 0.25) is 0 Å². The van der Waals surface area contributed by atoms with Crippen molar-refractivity contribution in [3.05, 3.63) is 33.9 Å². The summed E-state index contributed by atoms with van der Waals surface area (Å²) in [5.74, 6) is 0. The topological polar surface area (TPSA) is 64.4 Å². The number of aryl methyl sites for hydroxylation is 1. The van der Waals surface area contributed by atoms with Crippen LogP contribution < -0.4 is 5.32 Å². The lowest BCUT2D eigenvalue weighted by Crippen LogP contribution is -2.26. The Morgan fingerprint density at radius 3 is 2.82 bits per heavy atom. The molecule has 0 saturated carbocycles. The Kier molecular flexibility index (Phi) is 3.28. The maximum absolute atomic E-state index is 10.6. The first-order valence-corrected chi connectivity index (χ1v) is 5.71. The van der Waals surface area contributed by atoms with Gasteiger partial charge in [-0.25, -0.2) is 0 Å². The van der Waals surface area contributed by atoms with Gasteiger partial charge in [0, 0.05) is 24.4 Å². The fraction of sp³-hybridized carbons (Fsp3) is 0.500. The molecular weight excluding hydrogens is 220 g/mol. The van der Waals surface area contributed by atoms with E-state index in [-0.39, 0.29) is 22.8 Å². The summed E-state index contributed by atoms with van der Waals surface area (Å²) in [5.41, 5.74) is 1.96. The quantitative estimate of drug-likeness (QED) is 0.647. The molecule has 1 aliphatic heterocycles. The lowest BCUT2D eigenvalue weighted by molar-refractivity contribution is -0.384. The highest BCUT2D eigenvalue weighted by atomic mass is 16.6. The van der Waals surface area contributed by atoms with Crippen LogP contribution in [0.3, 0.4) is 0 Å². The van der Waals surface area contributed by atoms with E-state index in [2.05, 4.69) is 5.32 Å². The molecular formula is C12H16N2O3. The van der Waals surface area contributed by atoms with E-state index < -0.39 is 0 Å². The van der Waals surface area contributed by atoms with E-state index in [4.69, 9.17) is 4.74 Å². The Morgan fingerprint density at radius 2 is 2.29 bits per heavy atom. The van der Waals surface area contributed by atoms with Crippen molar-refractivity contribution in [2.24, 2.45) is 0 Å². The summed E-state index contributed by atoms with van der Waals surface area (Å²) >= 11 is 0. The normalized spacial score (nSPS) is 23.6. The summed E-state index contributed by atoms with van der Waals surface area (Å²) in [6.07, 6.45) is 1.15. The average Bonchev–Trinajstić information content (AvgIpc) is 2.67. The summed E-state index contributed by atoms with van der Waals surface area (Å²) in [4.78, 5) is 10.2. The molecule has 1 aromatic carbocycles. The van der Waals surface area contributed by atoms with Gasteiger partial charge in [-0.3, -0.25) is 10.1 Å². The van der Waals surface area contributed by atoms with Gasteiger partial charge in [0.25, 0.3) is 5.69 Å². The van der Waals surface area contributed by atoms with Crippen LogP contribution in [0, 0.1) is 17.0 Å². The molecule has 0 amide bonds. The molecule has 1 heterocycles. The van der Waals surface area contributed by atoms with Gasteiger partial charge < -0.3 is 10.1 Å².